The van der Waals surface area contributed by atoms with Crippen LogP contribution in [-0.4, -0.2) is 36.4 Å². The van der Waals surface area contributed by atoms with E-state index in [0.29, 0.717) is 31.8 Å². The first-order valence-corrected chi connectivity index (χ1v) is 11.9. The van der Waals surface area contributed by atoms with Crippen LogP contribution in [0.2, 0.25) is 0 Å². The van der Waals surface area contributed by atoms with Gasteiger partial charge in [0, 0.05) is 24.7 Å². The van der Waals surface area contributed by atoms with E-state index in [1.165, 1.54) is 18.9 Å². The van der Waals surface area contributed by atoms with E-state index in [1.54, 1.807) is 17.0 Å². The van der Waals surface area contributed by atoms with Crippen LogP contribution in [0.15, 0.2) is 54.7 Å². The zero-order valence-electron chi connectivity index (χ0n) is 19.6. The van der Waals surface area contributed by atoms with Gasteiger partial charge in [-0.3, -0.25) is 4.79 Å². The van der Waals surface area contributed by atoms with Crippen LogP contribution < -0.4 is 15.4 Å². The average molecular weight is 466 g/mol. The molecule has 4 rings (SSSR count). The number of nitrogens with zero attached hydrogens (tertiary/aromatic N) is 1. The van der Waals surface area contributed by atoms with Gasteiger partial charge in [0.15, 0.2) is 17.3 Å². The van der Waals surface area contributed by atoms with Crippen molar-refractivity contribution in [3.05, 3.63) is 77.2 Å². The van der Waals surface area contributed by atoms with Gasteiger partial charge in [0.05, 0.1) is 19.7 Å². The standard InChI is InChI=1S/C27H32FN3O3/c1-18-16-31(27(33)30-18)17-22-5-3-4-21(12-22)13-24(32)15-29-19(2)23-8-9-25(28)26(14-23)34-11-10-20-6-7-20/h3-5,8-9,12,14,19-20,29H,1,6-7,10-11,13,15-17H2,2H3,(H,30,33)/t19-/m1/s1. The first kappa shape index (κ1) is 24.0. The summed E-state index contributed by atoms with van der Waals surface area (Å²) in [5.41, 5.74) is 3.44. The molecule has 1 saturated carbocycles. The predicted molar refractivity (Wildman–Crippen MR) is 129 cm³/mol. The van der Waals surface area contributed by atoms with Gasteiger partial charge >= 0.3 is 6.03 Å². The zero-order valence-corrected chi connectivity index (χ0v) is 19.6. The van der Waals surface area contributed by atoms with Crippen molar-refractivity contribution < 1.29 is 18.7 Å². The Bertz CT molecular complexity index is 1070. The fraction of sp³-hybridized carbons (Fsp3) is 0.407. The molecule has 1 heterocycles. The van der Waals surface area contributed by atoms with Crippen LogP contribution in [0, 0.1) is 11.7 Å². The summed E-state index contributed by atoms with van der Waals surface area (Å²) >= 11 is 0. The second kappa shape index (κ2) is 10.8. The van der Waals surface area contributed by atoms with Gasteiger partial charge < -0.3 is 20.3 Å². The van der Waals surface area contributed by atoms with Gasteiger partial charge in [0.1, 0.15) is 0 Å². The summed E-state index contributed by atoms with van der Waals surface area (Å²) in [5.74, 6) is 0.696. The van der Waals surface area contributed by atoms with E-state index < -0.39 is 0 Å². The summed E-state index contributed by atoms with van der Waals surface area (Å²) < 4.78 is 19.8. The van der Waals surface area contributed by atoms with Crippen LogP contribution in [-0.2, 0) is 17.8 Å². The molecule has 2 aromatic carbocycles. The highest BCUT2D eigenvalue weighted by Crippen LogP contribution is 2.32. The highest BCUT2D eigenvalue weighted by Gasteiger charge is 2.23. The van der Waals surface area contributed by atoms with Crippen molar-refractivity contribution >= 4 is 11.8 Å². The van der Waals surface area contributed by atoms with Gasteiger partial charge in [-0.15, -0.1) is 0 Å². The number of amides is 2. The van der Waals surface area contributed by atoms with Crippen molar-refractivity contribution in [3.8, 4) is 5.75 Å². The molecule has 1 aliphatic heterocycles. The third-order valence-corrected chi connectivity index (χ3v) is 6.26. The minimum atomic E-state index is -0.363. The monoisotopic (exact) mass is 465 g/mol. The molecule has 1 aliphatic carbocycles. The topological polar surface area (TPSA) is 70.7 Å². The number of carbonyl (C=O) groups excluding carboxylic acids is 2. The first-order valence-electron chi connectivity index (χ1n) is 11.9. The van der Waals surface area contributed by atoms with Crippen LogP contribution >= 0.6 is 0 Å². The predicted octanol–water partition coefficient (Wildman–Crippen LogP) is 4.51. The molecule has 2 aliphatic rings. The van der Waals surface area contributed by atoms with Crippen molar-refractivity contribution in [1.82, 2.24) is 15.5 Å². The van der Waals surface area contributed by atoms with E-state index in [0.717, 1.165) is 29.0 Å². The molecule has 0 spiro atoms. The van der Waals surface area contributed by atoms with Crippen LogP contribution in [0.5, 0.6) is 5.75 Å². The van der Waals surface area contributed by atoms with E-state index in [2.05, 4.69) is 17.2 Å². The third-order valence-electron chi connectivity index (χ3n) is 6.26. The Morgan fingerprint density at radius 3 is 2.79 bits per heavy atom. The van der Waals surface area contributed by atoms with Crippen LogP contribution in [0.4, 0.5) is 9.18 Å². The van der Waals surface area contributed by atoms with Crippen LogP contribution in [0.25, 0.3) is 0 Å². The normalized spacial score (nSPS) is 16.5. The number of ether oxygens (including phenoxy) is 1. The molecular formula is C27H32FN3O3. The smallest absolute Gasteiger partial charge is 0.322 e. The van der Waals surface area contributed by atoms with Gasteiger partial charge in [-0.1, -0.05) is 49.8 Å². The number of hydrogen-bond donors (Lipinski definition) is 2. The highest BCUT2D eigenvalue weighted by molar-refractivity contribution is 5.83. The number of rotatable bonds is 12. The van der Waals surface area contributed by atoms with Crippen molar-refractivity contribution in [3.63, 3.8) is 0 Å². The van der Waals surface area contributed by atoms with Gasteiger partial charge in [-0.25, -0.2) is 9.18 Å². The molecular weight excluding hydrogens is 433 g/mol. The molecule has 34 heavy (non-hydrogen) atoms. The van der Waals surface area contributed by atoms with Crippen molar-refractivity contribution in [2.45, 2.75) is 45.2 Å². The number of halogens is 1. The lowest BCUT2D eigenvalue weighted by Crippen LogP contribution is -2.28. The second-order valence-electron chi connectivity index (χ2n) is 9.30. The molecule has 180 valence electrons. The Morgan fingerprint density at radius 1 is 1.26 bits per heavy atom. The first-order chi connectivity index (χ1) is 16.4. The highest BCUT2D eigenvalue weighted by atomic mass is 19.1. The summed E-state index contributed by atoms with van der Waals surface area (Å²) in [6, 6.07) is 12.3. The Labute approximate surface area is 200 Å². The molecule has 7 heteroatoms. The Morgan fingerprint density at radius 2 is 2.06 bits per heavy atom. The Hall–Kier alpha value is -3.19. The van der Waals surface area contributed by atoms with Gasteiger partial charge in [0.2, 0.25) is 0 Å². The molecule has 2 amide bonds. The maximum absolute atomic E-state index is 14.1. The van der Waals surface area contributed by atoms with E-state index in [1.807, 2.05) is 31.2 Å². The SMILES string of the molecule is C=C1CN(Cc2cccc(CC(=O)CN[C@H](C)c3ccc(F)c(OCCC4CC4)c3)c2)C(=O)N1. The van der Waals surface area contributed by atoms with Gasteiger partial charge in [-0.05, 0) is 48.1 Å². The molecule has 2 aromatic rings. The molecule has 0 bridgehead atoms. The minimum absolute atomic E-state index is 0.0549. The number of hydrogen-bond acceptors (Lipinski definition) is 4. The van der Waals surface area contributed by atoms with Crippen LogP contribution in [0.1, 0.15) is 48.9 Å². The van der Waals surface area contributed by atoms with E-state index in [4.69, 9.17) is 4.74 Å². The molecule has 0 radical (unpaired) electrons. The lowest BCUT2D eigenvalue weighted by atomic mass is 10.0. The average Bonchev–Trinajstić information content (AvgIpc) is 3.57. The van der Waals surface area contributed by atoms with Crippen molar-refractivity contribution in [2.75, 3.05) is 19.7 Å². The van der Waals surface area contributed by atoms with Crippen molar-refractivity contribution in [2.24, 2.45) is 5.92 Å². The largest absolute Gasteiger partial charge is 0.490 e. The fourth-order valence-corrected chi connectivity index (χ4v) is 4.07. The molecule has 0 aromatic heterocycles. The van der Waals surface area contributed by atoms with E-state index in [9.17, 15) is 14.0 Å². The lowest BCUT2D eigenvalue weighted by Gasteiger charge is -2.16. The summed E-state index contributed by atoms with van der Waals surface area (Å²) in [7, 11) is 0. The van der Waals surface area contributed by atoms with Gasteiger partial charge in [0.25, 0.3) is 0 Å². The molecule has 0 unspecified atom stereocenters. The summed E-state index contributed by atoms with van der Waals surface area (Å²) in [6.07, 6.45) is 3.76. The number of Topliss-reactive ketones (excluding diaryl/α,β-unsaturated/α-hetero) is 1. The lowest BCUT2D eigenvalue weighted by molar-refractivity contribution is -0.117. The number of urea groups is 1. The molecule has 2 N–H and O–H groups in total. The quantitative estimate of drug-likeness (QED) is 0.484. The maximum Gasteiger partial charge on any atom is 0.322 e. The number of carbonyl (C=O) groups is 2. The minimum Gasteiger partial charge on any atom is -0.490 e. The maximum atomic E-state index is 14.1. The molecule has 1 atom stereocenters. The molecule has 1 saturated heterocycles. The number of ketones is 1. The van der Waals surface area contributed by atoms with Crippen LogP contribution in [0.3, 0.4) is 0 Å². The fourth-order valence-electron chi connectivity index (χ4n) is 4.07. The zero-order chi connectivity index (χ0) is 24.1. The third kappa shape index (κ3) is 6.67. The number of nitrogens with one attached hydrogen (secondary N) is 2. The molecule has 2 fully saturated rings. The number of benzene rings is 2. The summed E-state index contributed by atoms with van der Waals surface area (Å²) in [4.78, 5) is 26.2. The van der Waals surface area contributed by atoms with Crippen molar-refractivity contribution in [1.29, 1.82) is 0 Å². The van der Waals surface area contributed by atoms with E-state index >= 15 is 0 Å². The molecule has 6 nitrogen and oxygen atoms in total. The second-order valence-corrected chi connectivity index (χ2v) is 9.30. The van der Waals surface area contributed by atoms with Gasteiger partial charge in [-0.2, -0.15) is 0 Å². The summed E-state index contributed by atoms with van der Waals surface area (Å²) in [6.45, 7) is 7.43. The Kier molecular flexibility index (Phi) is 7.63. The van der Waals surface area contributed by atoms with E-state index in [-0.39, 0.29) is 36.0 Å². The Balaban J connectivity index is 1.26. The summed E-state index contributed by atoms with van der Waals surface area (Å²) in [5, 5.41) is 5.93.